The van der Waals surface area contributed by atoms with Crippen LogP contribution >= 0.6 is 0 Å². The van der Waals surface area contributed by atoms with Gasteiger partial charge in [0.25, 0.3) is 0 Å². The van der Waals surface area contributed by atoms with E-state index in [9.17, 15) is 5.11 Å². The smallest absolute Gasteiger partial charge is 0.317 e. The number of rotatable bonds is 33. The predicted molar refractivity (Wildman–Crippen MR) is 271 cm³/mol. The normalized spacial score (nSPS) is 18.1. The Morgan fingerprint density at radius 3 is 1.14 bits per heavy atom. The molecule has 6 N–H and O–H groups in total. The van der Waals surface area contributed by atoms with Crippen molar-refractivity contribution in [2.24, 2.45) is 5.73 Å². The minimum atomic E-state index is -2.80. The highest BCUT2D eigenvalue weighted by Crippen LogP contribution is 2.33. The zero-order valence-corrected chi connectivity index (χ0v) is 51.5. The molecule has 0 amide bonds. The molecule has 23 heteroatoms. The van der Waals surface area contributed by atoms with Gasteiger partial charge in [-0.2, -0.15) is 0 Å². The molecule has 0 rings (SSSR count). The van der Waals surface area contributed by atoms with Gasteiger partial charge in [-0.25, -0.2) is 0 Å². The van der Waals surface area contributed by atoms with E-state index in [1.165, 1.54) is 0 Å². The van der Waals surface area contributed by atoms with E-state index in [1.54, 1.807) is 0 Å². The Hall–Kier alpha value is 1.39. The number of quaternary nitrogens is 1. The SMILES string of the molecule is CC(N)CNCCC[Si](C)(O[Si](C)(C)O[Si](C)(C)C)O[Si](C)(C)O[Si](C)(C)O[Si](C)(C)O[Si](C)(CCCNCC(C)NCC(O)C[N+](C)(C)C)O[Si](C)(C)O[Si](C)(C)C. The number of nitrogens with one attached hydrogen (secondary N) is 3. The molecule has 0 aromatic heterocycles. The summed E-state index contributed by atoms with van der Waals surface area (Å²) in [4.78, 5) is 0. The molecule has 5 unspecified atom stereocenters. The molecule has 0 heterocycles. The number of aliphatic hydroxyl groups is 1. The minimum Gasteiger partial charge on any atom is -0.437 e. The van der Waals surface area contributed by atoms with Crippen molar-refractivity contribution in [1.29, 1.82) is 0 Å². The summed E-state index contributed by atoms with van der Waals surface area (Å²) in [5, 5.41) is 21.0. The Kier molecular flexibility index (Phi) is 24.8. The fourth-order valence-electron chi connectivity index (χ4n) is 7.91. The zero-order valence-electron chi connectivity index (χ0n) is 42.5. The average Bonchev–Trinajstić information content (AvgIpc) is 2.88. The van der Waals surface area contributed by atoms with Crippen LogP contribution in [0, 0.1) is 0 Å². The second-order valence-corrected chi connectivity index (χ2v) is 56.9. The van der Waals surface area contributed by atoms with Gasteiger partial charge in [-0.1, -0.05) is 0 Å². The summed E-state index contributed by atoms with van der Waals surface area (Å²) in [7, 11) is -16.4. The maximum Gasteiger partial charge on any atom is 0.317 e. The highest BCUT2D eigenvalue weighted by atomic mass is 28.5. The molecule has 0 bridgehead atoms. The van der Waals surface area contributed by atoms with E-state index in [4.69, 9.17) is 38.7 Å². The van der Waals surface area contributed by atoms with Gasteiger partial charge in [0, 0.05) is 31.7 Å². The number of nitrogens with zero attached hydrogens (tertiary/aromatic N) is 1. The summed E-state index contributed by atoms with van der Waals surface area (Å²) in [5.74, 6) is 0. The summed E-state index contributed by atoms with van der Waals surface area (Å²) < 4.78 is 56.6. The fourth-order valence-corrected chi connectivity index (χ4v) is 52.9. The molecule has 0 aliphatic rings. The van der Waals surface area contributed by atoms with Gasteiger partial charge in [-0.3, -0.25) is 0 Å². The third-order valence-electron chi connectivity index (χ3n) is 8.28. The predicted octanol–water partition coefficient (Wildman–Crippen LogP) is 6.79. The molecule has 59 heavy (non-hydrogen) atoms. The van der Waals surface area contributed by atoms with Crippen LogP contribution in [-0.2, 0) is 32.9 Å². The second kappa shape index (κ2) is 24.2. The maximum absolute atomic E-state index is 10.4. The Balaban J connectivity index is 5.99. The van der Waals surface area contributed by atoms with E-state index in [0.717, 1.165) is 55.6 Å². The quantitative estimate of drug-likeness (QED) is 0.0267. The molecule has 0 radical (unpaired) electrons. The van der Waals surface area contributed by atoms with Crippen LogP contribution in [0.4, 0.5) is 0 Å². The minimum absolute atomic E-state index is 0.106. The average molecular weight is 998 g/mol. The van der Waals surface area contributed by atoms with Crippen molar-refractivity contribution in [2.75, 3.05) is 60.4 Å². The Bertz CT molecular complexity index is 1210. The molecule has 0 saturated heterocycles. The molecule has 14 nitrogen and oxygen atoms in total. The van der Waals surface area contributed by atoms with Gasteiger partial charge in [0.05, 0.1) is 21.1 Å². The highest BCUT2D eigenvalue weighted by Gasteiger charge is 2.51. The molecule has 0 saturated carbocycles. The third kappa shape index (κ3) is 32.7. The van der Waals surface area contributed by atoms with E-state index in [0.29, 0.717) is 13.1 Å². The number of likely N-dealkylation sites (N-methyl/N-ethyl adjacent to an activating group) is 1. The zero-order chi connectivity index (χ0) is 46.6. The van der Waals surface area contributed by atoms with Crippen LogP contribution in [0.1, 0.15) is 26.7 Å². The summed E-state index contributed by atoms with van der Waals surface area (Å²) >= 11 is 0. The van der Waals surface area contributed by atoms with Crippen molar-refractivity contribution in [3.8, 4) is 0 Å². The van der Waals surface area contributed by atoms with Crippen LogP contribution in [0.5, 0.6) is 0 Å². The topological polar surface area (TPSA) is 156 Å². The fraction of sp³-hybridized carbons (Fsp3) is 1.00. The monoisotopic (exact) mass is 997 g/mol. The lowest BCUT2D eigenvalue weighted by Crippen LogP contribution is -2.62. The first-order valence-electron chi connectivity index (χ1n) is 22.1. The number of hydrogen-bond donors (Lipinski definition) is 5. The molecule has 0 aromatic carbocycles. The van der Waals surface area contributed by atoms with E-state index < -0.39 is 76.6 Å². The van der Waals surface area contributed by atoms with E-state index in [-0.39, 0.29) is 18.2 Å². The molecule has 0 aromatic rings. The van der Waals surface area contributed by atoms with E-state index in [1.807, 2.05) is 6.92 Å². The van der Waals surface area contributed by atoms with Crippen LogP contribution < -0.4 is 21.7 Å². The third-order valence-corrected chi connectivity index (χ3v) is 42.3. The van der Waals surface area contributed by atoms with Crippen molar-refractivity contribution in [1.82, 2.24) is 16.0 Å². The molecule has 5 atom stereocenters. The highest BCUT2D eigenvalue weighted by molar-refractivity contribution is 6.93. The van der Waals surface area contributed by atoms with Crippen molar-refractivity contribution in [2.45, 2.75) is 175 Å². The van der Waals surface area contributed by atoms with Crippen LogP contribution in [0.15, 0.2) is 0 Å². The van der Waals surface area contributed by atoms with Crippen LogP contribution in [0.25, 0.3) is 0 Å². The second-order valence-electron chi connectivity index (χ2n) is 22.3. The Morgan fingerprint density at radius 2 is 0.814 bits per heavy atom. The summed E-state index contributed by atoms with van der Waals surface area (Å²) in [6.07, 6.45) is 1.43. The van der Waals surface area contributed by atoms with Gasteiger partial charge in [-0.05, 0) is 170 Å². The summed E-state index contributed by atoms with van der Waals surface area (Å²) in [6, 6.07) is 1.96. The van der Waals surface area contributed by atoms with Crippen molar-refractivity contribution < 1.29 is 42.5 Å². The first-order valence-corrected chi connectivity index (χ1v) is 48.0. The lowest BCUT2D eigenvalue weighted by atomic mass is 10.2. The standard InChI is InChI=1S/C36H98N5O9Si9/c1-34(37)30-38-26-24-28-58(22,47-53(12,13)43-51(6,7)8)49-56(18,19)45-55(16,17)46-57(20,21)50-59(23,48-54(14,15)44-52(9,10)11)29-25-27-39-31-35(2)40-32-36(42)33-41(3,4)5/h34-36,38-40,42H,24-33,37H2,1-23H3/q+1. The molecular weight excluding hydrogens is 899 g/mol. The van der Waals surface area contributed by atoms with Gasteiger partial charge in [0.15, 0.2) is 16.6 Å². The van der Waals surface area contributed by atoms with Gasteiger partial charge in [0.2, 0.25) is 0 Å². The number of nitrogens with two attached hydrogens (primary N) is 1. The van der Waals surface area contributed by atoms with Gasteiger partial charge in [0.1, 0.15) is 12.6 Å². The van der Waals surface area contributed by atoms with E-state index >= 15 is 0 Å². The van der Waals surface area contributed by atoms with Gasteiger partial charge >= 0.3 is 59.9 Å². The van der Waals surface area contributed by atoms with Crippen molar-refractivity contribution >= 4 is 76.6 Å². The summed E-state index contributed by atoms with van der Waals surface area (Å²) in [6.45, 7) is 47.7. The van der Waals surface area contributed by atoms with Crippen molar-refractivity contribution in [3.05, 3.63) is 0 Å². The first-order chi connectivity index (χ1) is 26.1. The van der Waals surface area contributed by atoms with Crippen LogP contribution in [-0.4, -0.2) is 165 Å². The molecule has 0 aliphatic carbocycles. The molecule has 0 spiro atoms. The molecule has 0 fully saturated rings. The van der Waals surface area contributed by atoms with Gasteiger partial charge < -0.3 is 64.2 Å². The van der Waals surface area contributed by atoms with Crippen LogP contribution in [0.3, 0.4) is 0 Å². The van der Waals surface area contributed by atoms with Gasteiger partial charge in [-0.15, -0.1) is 0 Å². The Morgan fingerprint density at radius 1 is 0.492 bits per heavy atom. The Labute approximate surface area is 374 Å². The lowest BCUT2D eigenvalue weighted by molar-refractivity contribution is -0.873. The lowest BCUT2D eigenvalue weighted by Gasteiger charge is -2.45. The number of aliphatic hydroxyl groups excluding tert-OH is 1. The number of hydrogen-bond acceptors (Lipinski definition) is 13. The molecule has 356 valence electrons. The summed E-state index contributed by atoms with van der Waals surface area (Å²) in [5.41, 5.74) is 5.99. The van der Waals surface area contributed by atoms with Crippen LogP contribution in [0.2, 0.25) is 130 Å². The molecule has 0 aliphatic heterocycles. The van der Waals surface area contributed by atoms with Crippen molar-refractivity contribution in [3.63, 3.8) is 0 Å². The molecular formula is C36H98N5O9Si9+. The van der Waals surface area contributed by atoms with E-state index in [2.05, 4.69) is 162 Å². The largest absolute Gasteiger partial charge is 0.437 e. The maximum atomic E-state index is 10.4. The first kappa shape index (κ1) is 60.4.